The zero-order chi connectivity index (χ0) is 19.5. The zero-order valence-corrected chi connectivity index (χ0v) is 16.8. The number of thiophene rings is 1. The number of nitrogens with zero attached hydrogens (tertiary/aromatic N) is 1. The molecule has 1 aromatic heterocycles. The molecule has 0 aliphatic rings. The highest BCUT2D eigenvalue weighted by Gasteiger charge is 2.17. The summed E-state index contributed by atoms with van der Waals surface area (Å²) in [5.74, 6) is -0.333. The van der Waals surface area contributed by atoms with Crippen molar-refractivity contribution in [2.45, 2.75) is 31.6 Å². The van der Waals surface area contributed by atoms with Gasteiger partial charge in [-0.3, -0.25) is 9.59 Å². The first-order valence-electron chi connectivity index (χ1n) is 8.04. The molecule has 1 aromatic carbocycles. The Morgan fingerprint density at radius 1 is 1.08 bits per heavy atom. The van der Waals surface area contributed by atoms with Crippen molar-refractivity contribution in [1.82, 2.24) is 4.31 Å². The molecule has 1 heterocycles. The highest BCUT2D eigenvalue weighted by atomic mass is 32.2. The molecule has 0 bridgehead atoms. The molecule has 0 saturated heterocycles. The molecule has 26 heavy (non-hydrogen) atoms. The minimum atomic E-state index is -3.50. The first-order chi connectivity index (χ1) is 12.1. The molecule has 0 saturated carbocycles. The Morgan fingerprint density at radius 3 is 2.19 bits per heavy atom. The molecule has 0 radical (unpaired) electrons. The van der Waals surface area contributed by atoms with Crippen LogP contribution in [0.2, 0.25) is 0 Å². The number of ketones is 1. The van der Waals surface area contributed by atoms with E-state index < -0.39 is 10.0 Å². The quantitative estimate of drug-likeness (QED) is 0.731. The maximum atomic E-state index is 12.2. The van der Waals surface area contributed by atoms with Crippen molar-refractivity contribution in [2.75, 3.05) is 19.4 Å². The van der Waals surface area contributed by atoms with Crippen molar-refractivity contribution in [1.29, 1.82) is 0 Å². The van der Waals surface area contributed by atoms with Crippen molar-refractivity contribution in [3.63, 3.8) is 0 Å². The fourth-order valence-electron chi connectivity index (χ4n) is 2.41. The van der Waals surface area contributed by atoms with E-state index in [2.05, 4.69) is 5.32 Å². The lowest BCUT2D eigenvalue weighted by atomic mass is 10.1. The summed E-state index contributed by atoms with van der Waals surface area (Å²) in [4.78, 5) is 26.4. The second-order valence-electron chi connectivity index (χ2n) is 6.11. The van der Waals surface area contributed by atoms with Crippen LogP contribution in [0.25, 0.3) is 0 Å². The van der Waals surface area contributed by atoms with E-state index in [1.807, 2.05) is 19.9 Å². The van der Waals surface area contributed by atoms with Crippen LogP contribution in [-0.2, 0) is 14.8 Å². The van der Waals surface area contributed by atoms with Crippen LogP contribution < -0.4 is 5.32 Å². The fourth-order valence-corrected chi connectivity index (χ4v) is 4.26. The molecule has 0 fully saturated rings. The SMILES string of the molecule is Cc1cc(C(=O)CCC(=O)Nc2ccc(S(=O)(=O)N(C)C)cc2)c(C)s1. The molecule has 8 heteroatoms. The predicted molar refractivity (Wildman–Crippen MR) is 103 cm³/mol. The third kappa shape index (κ3) is 4.78. The predicted octanol–water partition coefficient (Wildman–Crippen LogP) is 3.22. The van der Waals surface area contributed by atoms with E-state index in [-0.39, 0.29) is 29.4 Å². The Kier molecular flexibility index (Phi) is 6.33. The lowest BCUT2D eigenvalue weighted by molar-refractivity contribution is -0.116. The average Bonchev–Trinajstić information content (AvgIpc) is 2.91. The fraction of sp³-hybridized carbons (Fsp3) is 0.333. The number of carbonyl (C=O) groups excluding carboxylic acids is 2. The standard InChI is InChI=1S/C18H22N2O4S2/c1-12-11-16(13(2)25-12)17(21)9-10-18(22)19-14-5-7-15(8-6-14)26(23,24)20(3)4/h5-8,11H,9-10H2,1-4H3,(H,19,22). The molecule has 2 aromatic rings. The number of carbonyl (C=O) groups is 2. The third-order valence-corrected chi connectivity index (χ3v) is 6.63. The summed E-state index contributed by atoms with van der Waals surface area (Å²) in [6.07, 6.45) is 0.209. The minimum absolute atomic E-state index is 0.0468. The molecule has 2 rings (SSSR count). The van der Waals surface area contributed by atoms with Gasteiger partial charge in [0.2, 0.25) is 15.9 Å². The van der Waals surface area contributed by atoms with Gasteiger partial charge in [-0.1, -0.05) is 0 Å². The van der Waals surface area contributed by atoms with Crippen molar-refractivity contribution in [3.05, 3.63) is 45.6 Å². The smallest absolute Gasteiger partial charge is 0.242 e. The van der Waals surface area contributed by atoms with Gasteiger partial charge in [-0.15, -0.1) is 11.3 Å². The summed E-state index contributed by atoms with van der Waals surface area (Å²) in [5, 5.41) is 2.68. The van der Waals surface area contributed by atoms with Gasteiger partial charge >= 0.3 is 0 Å². The van der Waals surface area contributed by atoms with E-state index in [9.17, 15) is 18.0 Å². The van der Waals surface area contributed by atoms with Crippen molar-refractivity contribution < 1.29 is 18.0 Å². The minimum Gasteiger partial charge on any atom is -0.326 e. The van der Waals surface area contributed by atoms with Crippen LogP contribution in [0.3, 0.4) is 0 Å². The number of Topliss-reactive ketones (excluding diaryl/α,β-unsaturated/α-hetero) is 1. The van der Waals surface area contributed by atoms with Crippen LogP contribution in [0.4, 0.5) is 5.69 Å². The van der Waals surface area contributed by atoms with Crippen LogP contribution in [0.5, 0.6) is 0 Å². The zero-order valence-electron chi connectivity index (χ0n) is 15.2. The van der Waals surface area contributed by atoms with E-state index in [0.29, 0.717) is 11.3 Å². The highest BCUT2D eigenvalue weighted by molar-refractivity contribution is 7.89. The van der Waals surface area contributed by atoms with Crippen LogP contribution in [-0.4, -0.2) is 38.5 Å². The monoisotopic (exact) mass is 394 g/mol. The highest BCUT2D eigenvalue weighted by Crippen LogP contribution is 2.22. The second-order valence-corrected chi connectivity index (χ2v) is 9.72. The molecule has 0 aliphatic carbocycles. The van der Waals surface area contributed by atoms with Gasteiger partial charge in [0.05, 0.1) is 4.90 Å². The van der Waals surface area contributed by atoms with Gasteiger partial charge in [-0.2, -0.15) is 0 Å². The molecule has 140 valence electrons. The Bertz CT molecular complexity index is 913. The Labute approximate surface area is 157 Å². The van der Waals surface area contributed by atoms with E-state index in [1.165, 1.54) is 38.4 Å². The van der Waals surface area contributed by atoms with Gasteiger partial charge in [0, 0.05) is 47.9 Å². The van der Waals surface area contributed by atoms with Gasteiger partial charge in [0.15, 0.2) is 5.78 Å². The van der Waals surface area contributed by atoms with E-state index in [0.717, 1.165) is 14.1 Å². The summed E-state index contributed by atoms with van der Waals surface area (Å²) in [7, 11) is -0.585. The first-order valence-corrected chi connectivity index (χ1v) is 10.3. The lowest BCUT2D eigenvalue weighted by Crippen LogP contribution is -2.22. The number of benzene rings is 1. The van der Waals surface area contributed by atoms with Crippen LogP contribution >= 0.6 is 11.3 Å². The number of anilines is 1. The molecule has 0 unspecified atom stereocenters. The Morgan fingerprint density at radius 2 is 1.69 bits per heavy atom. The van der Waals surface area contributed by atoms with Gasteiger partial charge in [0.1, 0.15) is 0 Å². The van der Waals surface area contributed by atoms with Crippen molar-refractivity contribution in [2.24, 2.45) is 0 Å². The Balaban J connectivity index is 1.94. The second kappa shape index (κ2) is 8.11. The number of sulfonamides is 1. The summed E-state index contributed by atoms with van der Waals surface area (Å²) < 4.78 is 25.1. The van der Waals surface area contributed by atoms with Crippen LogP contribution in [0.15, 0.2) is 35.2 Å². The number of hydrogen-bond donors (Lipinski definition) is 1. The summed E-state index contributed by atoms with van der Waals surface area (Å²) in [5.41, 5.74) is 1.17. The number of rotatable bonds is 7. The first kappa shape index (κ1) is 20.3. The number of nitrogens with one attached hydrogen (secondary N) is 1. The number of hydrogen-bond acceptors (Lipinski definition) is 5. The van der Waals surface area contributed by atoms with Crippen molar-refractivity contribution >= 4 is 38.7 Å². The van der Waals surface area contributed by atoms with E-state index >= 15 is 0 Å². The third-order valence-electron chi connectivity index (χ3n) is 3.84. The van der Waals surface area contributed by atoms with Gasteiger partial charge in [-0.25, -0.2) is 12.7 Å². The van der Waals surface area contributed by atoms with Crippen LogP contribution in [0, 0.1) is 13.8 Å². The van der Waals surface area contributed by atoms with Crippen molar-refractivity contribution in [3.8, 4) is 0 Å². The molecule has 1 N–H and O–H groups in total. The molecule has 0 aliphatic heterocycles. The number of amides is 1. The van der Waals surface area contributed by atoms with E-state index in [1.54, 1.807) is 11.3 Å². The number of aryl methyl sites for hydroxylation is 2. The summed E-state index contributed by atoms with van der Waals surface area (Å²) in [6.45, 7) is 3.84. The maximum absolute atomic E-state index is 12.2. The molecule has 0 atom stereocenters. The molecule has 6 nitrogen and oxygen atoms in total. The Hall–Kier alpha value is -2.03. The molecular weight excluding hydrogens is 372 g/mol. The lowest BCUT2D eigenvalue weighted by Gasteiger charge is -2.12. The van der Waals surface area contributed by atoms with Gasteiger partial charge < -0.3 is 5.32 Å². The summed E-state index contributed by atoms with van der Waals surface area (Å²) >= 11 is 1.57. The topological polar surface area (TPSA) is 83.5 Å². The largest absolute Gasteiger partial charge is 0.326 e. The average molecular weight is 395 g/mol. The normalized spacial score (nSPS) is 11.6. The molecular formula is C18H22N2O4S2. The molecule has 1 amide bonds. The summed E-state index contributed by atoms with van der Waals surface area (Å²) in [6, 6.07) is 7.79. The maximum Gasteiger partial charge on any atom is 0.242 e. The van der Waals surface area contributed by atoms with Gasteiger partial charge in [-0.05, 0) is 44.2 Å². The molecule has 0 spiro atoms. The van der Waals surface area contributed by atoms with Gasteiger partial charge in [0.25, 0.3) is 0 Å². The van der Waals surface area contributed by atoms with Crippen LogP contribution in [0.1, 0.15) is 33.0 Å². The van der Waals surface area contributed by atoms with E-state index in [4.69, 9.17) is 0 Å².